The van der Waals surface area contributed by atoms with Gasteiger partial charge in [0.05, 0.1) is 6.21 Å². The van der Waals surface area contributed by atoms with Gasteiger partial charge in [0, 0.05) is 11.3 Å². The number of phenolic OH excluding ortho intramolecular Hbond substituents is 1. The van der Waals surface area contributed by atoms with Crippen LogP contribution in [0.4, 0.5) is 5.69 Å². The Morgan fingerprint density at radius 2 is 1.93 bits per heavy atom. The fraction of sp³-hybridized carbons (Fsp3) is 0.130. The first-order valence-electron chi connectivity index (χ1n) is 9.08. The maximum atomic E-state index is 12.3. The standard InChI is InChI=1S/C23H23N3O2/c1-3-7-18-10-6-11-20(22(18)27)15-24-26-23(28)16(2)25-21-13-12-17-8-4-5-9-19(17)14-21/h3-6,8-16,25,27H,1,7H2,2H3,(H,26,28)/b24-15-/t16-/m1/s1. The zero-order valence-corrected chi connectivity index (χ0v) is 15.7. The molecule has 0 bridgehead atoms. The molecule has 0 aliphatic carbocycles. The van der Waals surface area contributed by atoms with Crippen molar-refractivity contribution in [1.29, 1.82) is 0 Å². The number of carbonyl (C=O) groups is 1. The highest BCUT2D eigenvalue weighted by atomic mass is 16.3. The summed E-state index contributed by atoms with van der Waals surface area (Å²) in [6.07, 6.45) is 3.72. The molecule has 0 heterocycles. The number of amides is 1. The maximum absolute atomic E-state index is 12.3. The van der Waals surface area contributed by atoms with E-state index in [9.17, 15) is 9.90 Å². The summed E-state index contributed by atoms with van der Waals surface area (Å²) in [5.41, 5.74) is 4.66. The number of hydrazone groups is 1. The number of rotatable bonds is 7. The number of para-hydroxylation sites is 1. The third-order valence-electron chi connectivity index (χ3n) is 4.42. The molecule has 0 fully saturated rings. The van der Waals surface area contributed by atoms with E-state index in [1.54, 1.807) is 19.1 Å². The molecule has 0 aromatic heterocycles. The number of benzene rings is 3. The molecule has 0 aliphatic heterocycles. The van der Waals surface area contributed by atoms with E-state index in [2.05, 4.69) is 22.4 Å². The lowest BCUT2D eigenvalue weighted by molar-refractivity contribution is -0.121. The Bertz CT molecular complexity index is 1030. The van der Waals surface area contributed by atoms with Crippen molar-refractivity contribution in [2.45, 2.75) is 19.4 Å². The predicted octanol–water partition coefficient (Wildman–Crippen LogP) is 4.22. The SMILES string of the molecule is C=CCc1cccc(/C=N\NC(=O)[C@@H](C)Nc2ccc3ccccc3c2)c1O. The van der Waals surface area contributed by atoms with Crippen LogP contribution in [0.3, 0.4) is 0 Å². The van der Waals surface area contributed by atoms with Gasteiger partial charge in [-0.25, -0.2) is 5.43 Å². The summed E-state index contributed by atoms with van der Waals surface area (Å²) in [5, 5.41) is 19.6. The molecule has 0 aliphatic rings. The zero-order valence-electron chi connectivity index (χ0n) is 15.7. The first-order valence-corrected chi connectivity index (χ1v) is 9.08. The molecular weight excluding hydrogens is 350 g/mol. The van der Waals surface area contributed by atoms with Crippen molar-refractivity contribution < 1.29 is 9.90 Å². The quantitative estimate of drug-likeness (QED) is 0.330. The number of hydrogen-bond acceptors (Lipinski definition) is 4. The first-order chi connectivity index (χ1) is 13.6. The van der Waals surface area contributed by atoms with Gasteiger partial charge in [-0.05, 0) is 47.9 Å². The summed E-state index contributed by atoms with van der Waals surface area (Å²) in [6, 6.07) is 18.9. The lowest BCUT2D eigenvalue weighted by atomic mass is 10.1. The number of nitrogens with zero attached hydrogens (tertiary/aromatic N) is 1. The Morgan fingerprint density at radius 3 is 2.71 bits per heavy atom. The van der Waals surface area contributed by atoms with Gasteiger partial charge >= 0.3 is 0 Å². The van der Waals surface area contributed by atoms with E-state index in [0.29, 0.717) is 12.0 Å². The molecule has 1 atom stereocenters. The van der Waals surface area contributed by atoms with E-state index in [1.807, 2.05) is 54.6 Å². The van der Waals surface area contributed by atoms with Crippen LogP contribution in [0.2, 0.25) is 0 Å². The van der Waals surface area contributed by atoms with Gasteiger partial charge in [0.15, 0.2) is 0 Å². The lowest BCUT2D eigenvalue weighted by Gasteiger charge is -2.14. The molecular formula is C23H23N3O2. The highest BCUT2D eigenvalue weighted by Gasteiger charge is 2.12. The van der Waals surface area contributed by atoms with Crippen molar-refractivity contribution >= 4 is 28.6 Å². The number of allylic oxidation sites excluding steroid dienone is 1. The van der Waals surface area contributed by atoms with Crippen LogP contribution in [0, 0.1) is 0 Å². The van der Waals surface area contributed by atoms with Crippen LogP contribution in [0.5, 0.6) is 5.75 Å². The van der Waals surface area contributed by atoms with E-state index in [1.165, 1.54) is 6.21 Å². The van der Waals surface area contributed by atoms with Gasteiger partial charge in [0.2, 0.25) is 0 Å². The minimum Gasteiger partial charge on any atom is -0.507 e. The Hall–Kier alpha value is -3.60. The molecule has 3 aromatic carbocycles. The van der Waals surface area contributed by atoms with Gasteiger partial charge in [-0.15, -0.1) is 6.58 Å². The Labute approximate surface area is 164 Å². The molecule has 0 radical (unpaired) electrons. The number of anilines is 1. The minimum atomic E-state index is -0.473. The maximum Gasteiger partial charge on any atom is 0.262 e. The average molecular weight is 373 g/mol. The van der Waals surface area contributed by atoms with Crippen molar-refractivity contribution in [3.8, 4) is 5.75 Å². The number of hydrogen-bond donors (Lipinski definition) is 3. The molecule has 0 unspecified atom stereocenters. The van der Waals surface area contributed by atoms with Crippen molar-refractivity contribution in [1.82, 2.24) is 5.43 Å². The average Bonchev–Trinajstić information content (AvgIpc) is 2.70. The second kappa shape index (κ2) is 8.86. The Kier molecular flexibility index (Phi) is 6.07. The smallest absolute Gasteiger partial charge is 0.262 e. The molecule has 3 rings (SSSR count). The number of phenols is 1. The minimum absolute atomic E-state index is 0.141. The van der Waals surface area contributed by atoms with Crippen molar-refractivity contribution in [2.75, 3.05) is 5.32 Å². The molecule has 5 nitrogen and oxygen atoms in total. The normalized spacial score (nSPS) is 12.0. The third-order valence-corrected chi connectivity index (χ3v) is 4.42. The largest absolute Gasteiger partial charge is 0.507 e. The summed E-state index contributed by atoms with van der Waals surface area (Å²) in [4.78, 5) is 12.3. The molecule has 0 saturated carbocycles. The first kappa shape index (κ1) is 19.2. The lowest BCUT2D eigenvalue weighted by Crippen LogP contribution is -2.34. The van der Waals surface area contributed by atoms with Crippen LogP contribution in [0.25, 0.3) is 10.8 Å². The van der Waals surface area contributed by atoms with Crippen molar-refractivity contribution in [2.24, 2.45) is 5.10 Å². The number of nitrogens with one attached hydrogen (secondary N) is 2. The monoisotopic (exact) mass is 373 g/mol. The van der Waals surface area contributed by atoms with Gasteiger partial charge in [0.1, 0.15) is 11.8 Å². The third kappa shape index (κ3) is 4.57. The summed E-state index contributed by atoms with van der Waals surface area (Å²) in [5.74, 6) is -0.131. The highest BCUT2D eigenvalue weighted by Crippen LogP contribution is 2.22. The van der Waals surface area contributed by atoms with Crippen LogP contribution in [-0.2, 0) is 11.2 Å². The van der Waals surface area contributed by atoms with Crippen LogP contribution in [0.1, 0.15) is 18.1 Å². The van der Waals surface area contributed by atoms with Gasteiger partial charge in [0.25, 0.3) is 5.91 Å². The number of fused-ring (bicyclic) bond motifs is 1. The van der Waals surface area contributed by atoms with Crippen molar-refractivity contribution in [3.63, 3.8) is 0 Å². The molecule has 28 heavy (non-hydrogen) atoms. The van der Waals surface area contributed by atoms with E-state index in [0.717, 1.165) is 22.0 Å². The molecule has 142 valence electrons. The van der Waals surface area contributed by atoms with E-state index in [4.69, 9.17) is 0 Å². The molecule has 5 heteroatoms. The van der Waals surface area contributed by atoms with Gasteiger partial charge in [-0.1, -0.05) is 48.5 Å². The second-order valence-electron chi connectivity index (χ2n) is 6.51. The van der Waals surface area contributed by atoms with E-state index < -0.39 is 6.04 Å². The summed E-state index contributed by atoms with van der Waals surface area (Å²) < 4.78 is 0. The summed E-state index contributed by atoms with van der Waals surface area (Å²) in [6.45, 7) is 5.44. The highest BCUT2D eigenvalue weighted by molar-refractivity contribution is 5.89. The summed E-state index contributed by atoms with van der Waals surface area (Å²) in [7, 11) is 0. The van der Waals surface area contributed by atoms with Crippen LogP contribution in [0.15, 0.2) is 78.4 Å². The van der Waals surface area contributed by atoms with E-state index in [-0.39, 0.29) is 11.7 Å². The molecule has 0 saturated heterocycles. The van der Waals surface area contributed by atoms with Gasteiger partial charge in [-0.3, -0.25) is 4.79 Å². The van der Waals surface area contributed by atoms with Crippen LogP contribution >= 0.6 is 0 Å². The number of aromatic hydroxyl groups is 1. The van der Waals surface area contributed by atoms with Crippen LogP contribution in [-0.4, -0.2) is 23.3 Å². The van der Waals surface area contributed by atoms with Gasteiger partial charge < -0.3 is 10.4 Å². The molecule has 3 aromatic rings. The second-order valence-corrected chi connectivity index (χ2v) is 6.51. The van der Waals surface area contributed by atoms with Crippen LogP contribution < -0.4 is 10.7 Å². The zero-order chi connectivity index (χ0) is 19.9. The number of carbonyl (C=O) groups excluding carboxylic acids is 1. The predicted molar refractivity (Wildman–Crippen MR) is 115 cm³/mol. The molecule has 1 amide bonds. The fourth-order valence-corrected chi connectivity index (χ4v) is 2.89. The fourth-order valence-electron chi connectivity index (χ4n) is 2.89. The Morgan fingerprint density at radius 1 is 1.14 bits per heavy atom. The topological polar surface area (TPSA) is 73.7 Å². The van der Waals surface area contributed by atoms with Gasteiger partial charge in [-0.2, -0.15) is 5.10 Å². The van der Waals surface area contributed by atoms with Crippen molar-refractivity contribution in [3.05, 3.63) is 84.4 Å². The summed E-state index contributed by atoms with van der Waals surface area (Å²) >= 11 is 0. The molecule has 3 N–H and O–H groups in total. The molecule has 0 spiro atoms. The van der Waals surface area contributed by atoms with E-state index >= 15 is 0 Å². The Balaban J connectivity index is 1.61.